The Morgan fingerprint density at radius 3 is 3.00 bits per heavy atom. The summed E-state index contributed by atoms with van der Waals surface area (Å²) in [5.74, 6) is 0.861. The summed E-state index contributed by atoms with van der Waals surface area (Å²) >= 11 is 5.12. The molecule has 0 bridgehead atoms. The van der Waals surface area contributed by atoms with Gasteiger partial charge in [0.2, 0.25) is 0 Å². The summed E-state index contributed by atoms with van der Waals surface area (Å²) in [5, 5.41) is -0.111. The number of hydrogen-bond acceptors (Lipinski definition) is 1. The van der Waals surface area contributed by atoms with Crippen LogP contribution in [-0.2, 0) is 6.54 Å². The molecule has 1 unspecified atom stereocenters. The molecule has 0 aliphatic rings. The van der Waals surface area contributed by atoms with E-state index in [9.17, 15) is 0 Å². The number of nitrogens with zero attached hydrogens (tertiary/aromatic N) is 2. The highest BCUT2D eigenvalue weighted by atomic mass is 32.1. The van der Waals surface area contributed by atoms with Crippen molar-refractivity contribution < 1.29 is 0 Å². The molecule has 1 rings (SSSR count). The first kappa shape index (κ1) is 9.13. The van der Waals surface area contributed by atoms with E-state index in [1.165, 1.54) is 0 Å². The normalized spacial score (nSPS) is 12.4. The lowest BCUT2D eigenvalue weighted by atomic mass is 10.4. The Kier molecular flexibility index (Phi) is 3.17. The van der Waals surface area contributed by atoms with Crippen molar-refractivity contribution in [3.05, 3.63) is 43.5 Å². The second-order valence-corrected chi connectivity index (χ2v) is 2.89. The molecule has 2 nitrogen and oxygen atoms in total. The van der Waals surface area contributed by atoms with Crippen LogP contribution >= 0.6 is 12.6 Å². The molecular formula is C9H11N2S. The minimum atomic E-state index is -0.111. The van der Waals surface area contributed by atoms with E-state index in [4.69, 9.17) is 12.6 Å². The SMILES string of the molecule is C=CCn1ccnc1C([S])C=C. The van der Waals surface area contributed by atoms with Crippen LogP contribution in [0.5, 0.6) is 0 Å². The quantitative estimate of drug-likeness (QED) is 0.649. The summed E-state index contributed by atoms with van der Waals surface area (Å²) in [6.45, 7) is 8.03. The van der Waals surface area contributed by atoms with Crippen LogP contribution in [0.25, 0.3) is 0 Å². The summed E-state index contributed by atoms with van der Waals surface area (Å²) in [7, 11) is 0. The third kappa shape index (κ3) is 1.80. The van der Waals surface area contributed by atoms with Gasteiger partial charge in [-0.25, -0.2) is 4.98 Å². The Morgan fingerprint density at radius 2 is 2.42 bits per heavy atom. The van der Waals surface area contributed by atoms with Crippen molar-refractivity contribution >= 4 is 12.6 Å². The lowest BCUT2D eigenvalue weighted by molar-refractivity contribution is 0.759. The summed E-state index contributed by atoms with van der Waals surface area (Å²) in [5.41, 5.74) is 0. The summed E-state index contributed by atoms with van der Waals surface area (Å²) in [6, 6.07) is 0. The van der Waals surface area contributed by atoms with Crippen molar-refractivity contribution in [2.45, 2.75) is 11.8 Å². The molecule has 1 heterocycles. The van der Waals surface area contributed by atoms with Crippen LogP contribution in [0.2, 0.25) is 0 Å². The lowest BCUT2D eigenvalue weighted by Gasteiger charge is -2.06. The highest BCUT2D eigenvalue weighted by molar-refractivity contribution is 7.80. The van der Waals surface area contributed by atoms with Crippen molar-refractivity contribution in [1.82, 2.24) is 9.55 Å². The molecule has 0 amide bonds. The zero-order chi connectivity index (χ0) is 8.97. The Hall–Kier alpha value is -0.960. The maximum Gasteiger partial charge on any atom is 0.126 e. The molecule has 0 aliphatic heterocycles. The Balaban J connectivity index is 2.89. The summed E-state index contributed by atoms with van der Waals surface area (Å²) < 4.78 is 1.96. The minimum Gasteiger partial charge on any atom is -0.330 e. The Bertz CT molecular complexity index is 278. The molecule has 0 saturated heterocycles. The van der Waals surface area contributed by atoms with E-state index >= 15 is 0 Å². The zero-order valence-electron chi connectivity index (χ0n) is 6.81. The summed E-state index contributed by atoms with van der Waals surface area (Å²) in [4.78, 5) is 4.15. The monoisotopic (exact) mass is 179 g/mol. The molecular weight excluding hydrogens is 168 g/mol. The molecule has 1 aromatic heterocycles. The molecule has 63 valence electrons. The molecule has 0 spiro atoms. The van der Waals surface area contributed by atoms with Crippen LogP contribution in [0.4, 0.5) is 0 Å². The van der Waals surface area contributed by atoms with Crippen molar-refractivity contribution in [1.29, 1.82) is 0 Å². The fourth-order valence-electron chi connectivity index (χ4n) is 0.976. The Morgan fingerprint density at radius 1 is 1.67 bits per heavy atom. The standard InChI is InChI=1S/C9H11N2S/c1-3-6-11-7-5-10-9(11)8(12)4-2/h3-5,7-8H,1-2,6H2. The van der Waals surface area contributed by atoms with E-state index in [-0.39, 0.29) is 5.25 Å². The third-order valence-corrected chi connectivity index (χ3v) is 1.95. The molecule has 1 aromatic rings. The van der Waals surface area contributed by atoms with E-state index in [1.807, 2.05) is 16.8 Å². The molecule has 3 heteroatoms. The summed E-state index contributed by atoms with van der Waals surface area (Å²) in [6.07, 6.45) is 7.15. The molecule has 0 aromatic carbocycles. The maximum atomic E-state index is 5.12. The van der Waals surface area contributed by atoms with Crippen molar-refractivity contribution in [2.24, 2.45) is 0 Å². The van der Waals surface area contributed by atoms with E-state index in [1.54, 1.807) is 12.3 Å². The smallest absolute Gasteiger partial charge is 0.126 e. The fourth-order valence-corrected chi connectivity index (χ4v) is 1.17. The minimum absolute atomic E-state index is 0.111. The number of hydrogen-bond donors (Lipinski definition) is 0. The first-order valence-electron chi connectivity index (χ1n) is 3.70. The molecule has 12 heavy (non-hydrogen) atoms. The number of allylic oxidation sites excluding steroid dienone is 1. The van der Waals surface area contributed by atoms with Crippen LogP contribution in [0.1, 0.15) is 11.1 Å². The van der Waals surface area contributed by atoms with Gasteiger partial charge in [-0.05, 0) is 0 Å². The lowest BCUT2D eigenvalue weighted by Crippen LogP contribution is -2.02. The van der Waals surface area contributed by atoms with Gasteiger partial charge in [0.15, 0.2) is 0 Å². The largest absolute Gasteiger partial charge is 0.330 e. The highest BCUT2D eigenvalue weighted by Crippen LogP contribution is 2.18. The second-order valence-electron chi connectivity index (χ2n) is 2.38. The molecule has 1 atom stereocenters. The van der Waals surface area contributed by atoms with Gasteiger partial charge in [-0.1, -0.05) is 24.8 Å². The van der Waals surface area contributed by atoms with Gasteiger partial charge in [0.25, 0.3) is 0 Å². The van der Waals surface area contributed by atoms with E-state index in [0.717, 1.165) is 12.4 Å². The van der Waals surface area contributed by atoms with Gasteiger partial charge < -0.3 is 4.57 Å². The highest BCUT2D eigenvalue weighted by Gasteiger charge is 2.08. The molecule has 0 saturated carbocycles. The predicted octanol–water partition coefficient (Wildman–Crippen LogP) is 2.49. The van der Waals surface area contributed by atoms with Gasteiger partial charge >= 0.3 is 0 Å². The van der Waals surface area contributed by atoms with Crippen LogP contribution < -0.4 is 0 Å². The van der Waals surface area contributed by atoms with Crippen molar-refractivity contribution in [3.63, 3.8) is 0 Å². The third-order valence-electron chi connectivity index (χ3n) is 1.54. The van der Waals surface area contributed by atoms with Gasteiger partial charge in [-0.15, -0.1) is 13.2 Å². The van der Waals surface area contributed by atoms with Crippen LogP contribution in [-0.4, -0.2) is 9.55 Å². The van der Waals surface area contributed by atoms with E-state index in [2.05, 4.69) is 18.1 Å². The van der Waals surface area contributed by atoms with E-state index < -0.39 is 0 Å². The molecule has 0 N–H and O–H groups in total. The fraction of sp³-hybridized carbons (Fsp3) is 0.222. The molecule has 0 fully saturated rings. The molecule has 0 aliphatic carbocycles. The van der Waals surface area contributed by atoms with Gasteiger partial charge in [0, 0.05) is 18.9 Å². The van der Waals surface area contributed by atoms with Crippen LogP contribution in [0.3, 0.4) is 0 Å². The second kappa shape index (κ2) is 4.16. The Labute approximate surface area is 78.0 Å². The number of aromatic nitrogens is 2. The van der Waals surface area contributed by atoms with Crippen molar-refractivity contribution in [2.75, 3.05) is 0 Å². The van der Waals surface area contributed by atoms with Crippen LogP contribution in [0, 0.1) is 0 Å². The van der Waals surface area contributed by atoms with Gasteiger partial charge in [0.05, 0.1) is 5.25 Å². The maximum absolute atomic E-state index is 5.12. The average molecular weight is 179 g/mol. The van der Waals surface area contributed by atoms with Gasteiger partial charge in [-0.2, -0.15) is 0 Å². The predicted molar refractivity (Wildman–Crippen MR) is 53.0 cm³/mol. The number of rotatable bonds is 4. The molecule has 1 radical (unpaired) electrons. The van der Waals surface area contributed by atoms with Gasteiger partial charge in [0.1, 0.15) is 5.82 Å². The van der Waals surface area contributed by atoms with Crippen LogP contribution in [0.15, 0.2) is 37.7 Å². The first-order valence-corrected chi connectivity index (χ1v) is 4.17. The topological polar surface area (TPSA) is 17.8 Å². The van der Waals surface area contributed by atoms with Gasteiger partial charge in [-0.3, -0.25) is 0 Å². The zero-order valence-corrected chi connectivity index (χ0v) is 7.63. The van der Waals surface area contributed by atoms with Crippen molar-refractivity contribution in [3.8, 4) is 0 Å². The number of imidazole rings is 1. The average Bonchev–Trinajstić information content (AvgIpc) is 2.52. The van der Waals surface area contributed by atoms with E-state index in [0.29, 0.717) is 0 Å². The first-order chi connectivity index (χ1) is 5.79.